The number of piperazine rings is 1. The number of nitrogens with one attached hydrogen (secondary N) is 1. The SMILES string of the molecule is CCC=C(C)C(=O)Nc1ccccc1OCCN1CCN(C)CC1. The van der Waals surface area contributed by atoms with Crippen LogP contribution in [0.25, 0.3) is 0 Å². The van der Waals surface area contributed by atoms with E-state index < -0.39 is 0 Å². The largest absolute Gasteiger partial charge is 0.490 e. The number of likely N-dealkylation sites (N-methyl/N-ethyl adjacent to an activating group) is 1. The number of anilines is 1. The maximum Gasteiger partial charge on any atom is 0.251 e. The summed E-state index contributed by atoms with van der Waals surface area (Å²) >= 11 is 0. The van der Waals surface area contributed by atoms with Crippen LogP contribution in [0.15, 0.2) is 35.9 Å². The van der Waals surface area contributed by atoms with E-state index >= 15 is 0 Å². The van der Waals surface area contributed by atoms with Crippen LogP contribution in [0.4, 0.5) is 5.69 Å². The van der Waals surface area contributed by atoms with Crippen LogP contribution in [-0.2, 0) is 4.79 Å². The molecule has 0 saturated carbocycles. The van der Waals surface area contributed by atoms with Crippen LogP contribution in [0, 0.1) is 0 Å². The van der Waals surface area contributed by atoms with Gasteiger partial charge in [-0.15, -0.1) is 0 Å². The summed E-state index contributed by atoms with van der Waals surface area (Å²) in [6.07, 6.45) is 2.77. The third kappa shape index (κ3) is 5.65. The summed E-state index contributed by atoms with van der Waals surface area (Å²) < 4.78 is 5.92. The zero-order chi connectivity index (χ0) is 17.4. The Morgan fingerprint density at radius 3 is 2.67 bits per heavy atom. The average molecular weight is 331 g/mol. The van der Waals surface area contributed by atoms with Gasteiger partial charge in [-0.3, -0.25) is 9.69 Å². The molecule has 1 saturated heterocycles. The summed E-state index contributed by atoms with van der Waals surface area (Å²) in [6, 6.07) is 7.61. The Hall–Kier alpha value is -1.85. The molecule has 5 heteroatoms. The first-order chi connectivity index (χ1) is 11.6. The number of carbonyl (C=O) groups excluding carboxylic acids is 1. The minimum atomic E-state index is -0.0769. The van der Waals surface area contributed by atoms with Crippen molar-refractivity contribution in [3.8, 4) is 5.75 Å². The van der Waals surface area contributed by atoms with Crippen molar-refractivity contribution in [2.75, 3.05) is 51.7 Å². The van der Waals surface area contributed by atoms with E-state index in [0.717, 1.165) is 56.2 Å². The summed E-state index contributed by atoms with van der Waals surface area (Å²) in [4.78, 5) is 16.9. The molecule has 0 spiro atoms. The smallest absolute Gasteiger partial charge is 0.251 e. The molecular formula is C19H29N3O2. The van der Waals surface area contributed by atoms with E-state index in [9.17, 15) is 4.79 Å². The average Bonchev–Trinajstić information content (AvgIpc) is 2.58. The predicted molar refractivity (Wildman–Crippen MR) is 98.6 cm³/mol. The van der Waals surface area contributed by atoms with Crippen molar-refractivity contribution in [2.24, 2.45) is 0 Å². The molecule has 1 aromatic rings. The van der Waals surface area contributed by atoms with Gasteiger partial charge in [-0.1, -0.05) is 25.1 Å². The molecule has 0 unspecified atom stereocenters. The normalized spacial score (nSPS) is 16.9. The van der Waals surface area contributed by atoms with Gasteiger partial charge < -0.3 is 15.0 Å². The Bertz CT molecular complexity index is 563. The third-order valence-electron chi connectivity index (χ3n) is 4.26. The summed E-state index contributed by atoms with van der Waals surface area (Å²) in [5.74, 6) is 0.649. The first-order valence-electron chi connectivity index (χ1n) is 8.71. The zero-order valence-electron chi connectivity index (χ0n) is 15.0. The van der Waals surface area contributed by atoms with Gasteiger partial charge in [0.1, 0.15) is 12.4 Å². The number of hydrogen-bond acceptors (Lipinski definition) is 4. The van der Waals surface area contributed by atoms with Crippen LogP contribution in [0.5, 0.6) is 5.75 Å². The number of nitrogens with zero attached hydrogens (tertiary/aromatic N) is 2. The number of carbonyl (C=O) groups is 1. The van der Waals surface area contributed by atoms with E-state index in [4.69, 9.17) is 4.74 Å². The molecule has 132 valence electrons. The molecule has 0 atom stereocenters. The summed E-state index contributed by atoms with van der Waals surface area (Å²) in [7, 11) is 2.15. The van der Waals surface area contributed by atoms with Crippen molar-refractivity contribution in [1.29, 1.82) is 0 Å². The van der Waals surface area contributed by atoms with Gasteiger partial charge in [0.25, 0.3) is 5.91 Å². The number of allylic oxidation sites excluding steroid dienone is 1. The molecule has 1 N–H and O–H groups in total. The second kappa shape index (κ2) is 9.45. The van der Waals surface area contributed by atoms with E-state index in [-0.39, 0.29) is 5.91 Å². The van der Waals surface area contributed by atoms with Gasteiger partial charge in [-0.25, -0.2) is 0 Å². The number of ether oxygens (including phenoxy) is 1. The van der Waals surface area contributed by atoms with E-state index in [2.05, 4.69) is 22.2 Å². The number of benzene rings is 1. The minimum absolute atomic E-state index is 0.0769. The van der Waals surface area contributed by atoms with Crippen LogP contribution in [-0.4, -0.2) is 62.1 Å². The van der Waals surface area contributed by atoms with Gasteiger partial charge in [-0.2, -0.15) is 0 Å². The highest BCUT2D eigenvalue weighted by Gasteiger charge is 2.14. The third-order valence-corrected chi connectivity index (χ3v) is 4.26. The Labute approximate surface area is 145 Å². The maximum absolute atomic E-state index is 12.2. The van der Waals surface area contributed by atoms with Gasteiger partial charge >= 0.3 is 0 Å². The molecule has 5 nitrogen and oxygen atoms in total. The number of rotatable bonds is 7. The van der Waals surface area contributed by atoms with Crippen molar-refractivity contribution >= 4 is 11.6 Å². The van der Waals surface area contributed by atoms with Crippen LogP contribution >= 0.6 is 0 Å². The summed E-state index contributed by atoms with van der Waals surface area (Å²) in [5, 5.41) is 2.94. The topological polar surface area (TPSA) is 44.8 Å². The Balaban J connectivity index is 1.87. The number of hydrogen-bond donors (Lipinski definition) is 1. The lowest BCUT2D eigenvalue weighted by atomic mass is 10.2. The molecule has 1 amide bonds. The fraction of sp³-hybridized carbons (Fsp3) is 0.526. The first kappa shape index (κ1) is 18.5. The summed E-state index contributed by atoms with van der Waals surface area (Å²) in [5.41, 5.74) is 1.45. The standard InChI is InChI=1S/C19H29N3O2/c1-4-7-16(2)19(23)20-17-8-5-6-9-18(17)24-15-14-22-12-10-21(3)11-13-22/h5-9H,4,10-15H2,1-3H3,(H,20,23). The Morgan fingerprint density at radius 1 is 1.25 bits per heavy atom. The quantitative estimate of drug-likeness (QED) is 0.780. The van der Waals surface area contributed by atoms with Gasteiger partial charge in [0, 0.05) is 38.3 Å². The van der Waals surface area contributed by atoms with Crippen molar-refractivity contribution < 1.29 is 9.53 Å². The van der Waals surface area contributed by atoms with Crippen LogP contribution in [0.2, 0.25) is 0 Å². The molecular weight excluding hydrogens is 302 g/mol. The van der Waals surface area contributed by atoms with Crippen LogP contribution < -0.4 is 10.1 Å². The molecule has 0 radical (unpaired) electrons. The highest BCUT2D eigenvalue weighted by atomic mass is 16.5. The van der Waals surface area contributed by atoms with E-state index in [1.807, 2.05) is 44.2 Å². The molecule has 1 aliphatic heterocycles. The molecule has 2 rings (SSSR count). The van der Waals surface area contributed by atoms with Crippen molar-refractivity contribution in [3.63, 3.8) is 0 Å². The van der Waals surface area contributed by atoms with Crippen molar-refractivity contribution in [3.05, 3.63) is 35.9 Å². The van der Waals surface area contributed by atoms with Crippen LogP contribution in [0.3, 0.4) is 0 Å². The molecule has 0 bridgehead atoms. The molecule has 0 aromatic heterocycles. The molecule has 24 heavy (non-hydrogen) atoms. The van der Waals surface area contributed by atoms with Gasteiger partial charge in [0.15, 0.2) is 0 Å². The summed E-state index contributed by atoms with van der Waals surface area (Å²) in [6.45, 7) is 9.76. The van der Waals surface area contributed by atoms with Gasteiger partial charge in [0.2, 0.25) is 0 Å². The molecule has 1 heterocycles. The lowest BCUT2D eigenvalue weighted by molar-refractivity contribution is -0.112. The van der Waals surface area contributed by atoms with Gasteiger partial charge in [0.05, 0.1) is 5.69 Å². The highest BCUT2D eigenvalue weighted by Crippen LogP contribution is 2.24. The first-order valence-corrected chi connectivity index (χ1v) is 8.71. The van der Waals surface area contributed by atoms with Gasteiger partial charge in [-0.05, 0) is 32.5 Å². The van der Waals surface area contributed by atoms with Crippen molar-refractivity contribution in [2.45, 2.75) is 20.3 Å². The van der Waals surface area contributed by atoms with Crippen molar-refractivity contribution in [1.82, 2.24) is 9.80 Å². The van der Waals surface area contributed by atoms with Crippen LogP contribution in [0.1, 0.15) is 20.3 Å². The highest BCUT2D eigenvalue weighted by molar-refractivity contribution is 6.04. The second-order valence-electron chi connectivity index (χ2n) is 6.24. The number of para-hydroxylation sites is 2. The molecule has 1 aliphatic rings. The second-order valence-corrected chi connectivity index (χ2v) is 6.24. The fourth-order valence-electron chi connectivity index (χ4n) is 2.67. The molecule has 1 fully saturated rings. The fourth-order valence-corrected chi connectivity index (χ4v) is 2.67. The number of amides is 1. The zero-order valence-corrected chi connectivity index (χ0v) is 15.0. The Kier molecular flexibility index (Phi) is 7.28. The lowest BCUT2D eigenvalue weighted by Crippen LogP contribution is -2.45. The van der Waals surface area contributed by atoms with E-state index in [1.54, 1.807) is 0 Å². The van der Waals surface area contributed by atoms with E-state index in [1.165, 1.54) is 0 Å². The maximum atomic E-state index is 12.2. The molecule has 1 aromatic carbocycles. The lowest BCUT2D eigenvalue weighted by Gasteiger charge is -2.32. The minimum Gasteiger partial charge on any atom is -0.490 e. The van der Waals surface area contributed by atoms with E-state index in [0.29, 0.717) is 6.61 Å². The predicted octanol–water partition coefficient (Wildman–Crippen LogP) is 2.61. The molecule has 0 aliphatic carbocycles. The Morgan fingerprint density at radius 2 is 1.96 bits per heavy atom. The monoisotopic (exact) mass is 331 g/mol.